The summed E-state index contributed by atoms with van der Waals surface area (Å²) in [6, 6.07) is 24.3. The van der Waals surface area contributed by atoms with E-state index in [0.717, 1.165) is 49.0 Å². The Morgan fingerprint density at radius 1 is 0.935 bits per heavy atom. The number of methoxy groups -OCH3 is 1. The largest absolute Gasteiger partial charge is 0.497 e. The van der Waals surface area contributed by atoms with Crippen molar-refractivity contribution in [1.82, 2.24) is 14.1 Å². The summed E-state index contributed by atoms with van der Waals surface area (Å²) in [4.78, 5) is 13.4. The number of carbonyl (C=O) groups excluding carboxylic acids is 1. The molecule has 2 aliphatic heterocycles. The van der Waals surface area contributed by atoms with Gasteiger partial charge in [-0.2, -0.15) is 9.40 Å². The van der Waals surface area contributed by atoms with E-state index in [1.54, 1.807) is 40.4 Å². The van der Waals surface area contributed by atoms with Crippen LogP contribution in [0.3, 0.4) is 0 Å². The van der Waals surface area contributed by atoms with Gasteiger partial charge in [-0.25, -0.2) is 17.9 Å². The SMILES string of the molecule is COc1cccc(S(=O)(=O)N2C3CCC2CC(Cc2ccc(NC(=O)Nc4cc(C(C)(C)C)nn4-c4ccc(C)cc4)cc2)C3)c1. The first-order valence-corrected chi connectivity index (χ1v) is 17.4. The van der Waals surface area contributed by atoms with Gasteiger partial charge in [0.2, 0.25) is 10.0 Å². The van der Waals surface area contributed by atoms with Crippen LogP contribution in [0.1, 0.15) is 63.3 Å². The summed E-state index contributed by atoms with van der Waals surface area (Å²) in [5.74, 6) is 1.54. The van der Waals surface area contributed by atoms with E-state index in [4.69, 9.17) is 9.84 Å². The molecule has 2 unspecified atom stereocenters. The summed E-state index contributed by atoms with van der Waals surface area (Å²) >= 11 is 0. The molecule has 2 atom stereocenters. The van der Waals surface area contributed by atoms with Gasteiger partial charge >= 0.3 is 6.03 Å². The lowest BCUT2D eigenvalue weighted by Gasteiger charge is -2.38. The number of ether oxygens (including phenoxy) is 1. The van der Waals surface area contributed by atoms with Crippen LogP contribution in [0.25, 0.3) is 5.69 Å². The summed E-state index contributed by atoms with van der Waals surface area (Å²) in [5.41, 5.74) is 4.59. The molecule has 2 saturated heterocycles. The average Bonchev–Trinajstić information content (AvgIpc) is 3.57. The van der Waals surface area contributed by atoms with Gasteiger partial charge in [-0.1, -0.05) is 56.7 Å². The Morgan fingerprint density at radius 3 is 2.24 bits per heavy atom. The lowest BCUT2D eigenvalue weighted by molar-refractivity contribution is 0.190. The van der Waals surface area contributed by atoms with Crippen LogP contribution in [-0.2, 0) is 21.9 Å². The molecule has 0 radical (unpaired) electrons. The second-order valence-corrected chi connectivity index (χ2v) is 15.5. The lowest BCUT2D eigenvalue weighted by Crippen LogP contribution is -2.46. The molecular formula is C36H43N5O4S. The Morgan fingerprint density at radius 2 is 1.61 bits per heavy atom. The van der Waals surface area contributed by atoms with Gasteiger partial charge < -0.3 is 10.1 Å². The first-order valence-electron chi connectivity index (χ1n) is 15.9. The standard InChI is InChI=1S/C36H43N5O4S/c1-24-9-15-28(16-10-24)40-34(23-33(39-40)36(2,3)4)38-35(42)37-27-13-11-25(12-14-27)19-26-20-29-17-18-30(21-26)41(29)46(43,44)32-8-6-7-31(22-32)45-5/h6-16,22-23,26,29-30H,17-21H2,1-5H3,(H2,37,38,42). The number of piperidine rings is 1. The van der Waals surface area contributed by atoms with Crippen LogP contribution in [0.15, 0.2) is 83.8 Å². The highest BCUT2D eigenvalue weighted by molar-refractivity contribution is 7.89. The van der Waals surface area contributed by atoms with Crippen molar-refractivity contribution in [2.45, 2.75) is 82.2 Å². The molecule has 0 saturated carbocycles. The van der Waals surface area contributed by atoms with Crippen molar-refractivity contribution in [3.05, 3.63) is 95.7 Å². The van der Waals surface area contributed by atoms with Crippen LogP contribution in [0.5, 0.6) is 5.75 Å². The highest BCUT2D eigenvalue weighted by Gasteiger charge is 2.47. The number of hydrogen-bond donors (Lipinski definition) is 2. The van der Waals surface area contributed by atoms with Gasteiger partial charge in [0, 0.05) is 35.3 Å². The van der Waals surface area contributed by atoms with Crippen LogP contribution < -0.4 is 15.4 Å². The molecule has 2 N–H and O–H groups in total. The number of fused-ring (bicyclic) bond motifs is 2. The minimum Gasteiger partial charge on any atom is -0.497 e. The number of urea groups is 1. The normalized spacial score (nSPS) is 20.0. The molecule has 0 spiro atoms. The van der Waals surface area contributed by atoms with Crippen molar-refractivity contribution in [2.75, 3.05) is 17.7 Å². The zero-order valence-electron chi connectivity index (χ0n) is 27.2. The van der Waals surface area contributed by atoms with Crippen LogP contribution in [0.2, 0.25) is 0 Å². The van der Waals surface area contributed by atoms with E-state index >= 15 is 0 Å². The molecular weight excluding hydrogens is 598 g/mol. The van der Waals surface area contributed by atoms with Gasteiger partial charge in [0.1, 0.15) is 11.6 Å². The molecule has 2 amide bonds. The molecule has 2 bridgehead atoms. The van der Waals surface area contributed by atoms with Crippen molar-refractivity contribution < 1.29 is 17.9 Å². The Bertz CT molecular complexity index is 1800. The van der Waals surface area contributed by atoms with Gasteiger partial charge in [-0.15, -0.1) is 0 Å². The average molecular weight is 642 g/mol. The smallest absolute Gasteiger partial charge is 0.324 e. The third-order valence-corrected chi connectivity index (χ3v) is 11.1. The second-order valence-electron chi connectivity index (χ2n) is 13.6. The van der Waals surface area contributed by atoms with Gasteiger partial charge in [0.05, 0.1) is 23.4 Å². The van der Waals surface area contributed by atoms with Crippen LogP contribution in [0.4, 0.5) is 16.3 Å². The number of sulfonamides is 1. The molecule has 46 heavy (non-hydrogen) atoms. The highest BCUT2D eigenvalue weighted by atomic mass is 32.2. The fourth-order valence-electron chi connectivity index (χ4n) is 6.74. The Labute approximate surface area is 272 Å². The fourth-order valence-corrected chi connectivity index (χ4v) is 8.67. The Kier molecular flexibility index (Phi) is 8.69. The number of nitrogens with zero attached hydrogens (tertiary/aromatic N) is 3. The number of anilines is 2. The van der Waals surface area contributed by atoms with Crippen molar-refractivity contribution in [3.63, 3.8) is 0 Å². The Hall–Kier alpha value is -4.15. The predicted octanol–water partition coefficient (Wildman–Crippen LogP) is 7.31. The van der Waals surface area contributed by atoms with Crippen LogP contribution in [-0.4, -0.2) is 47.7 Å². The maximum absolute atomic E-state index is 13.6. The van der Waals surface area contributed by atoms with Crippen molar-refractivity contribution in [1.29, 1.82) is 0 Å². The summed E-state index contributed by atoms with van der Waals surface area (Å²) in [7, 11) is -2.05. The van der Waals surface area contributed by atoms with E-state index < -0.39 is 10.0 Å². The monoisotopic (exact) mass is 641 g/mol. The summed E-state index contributed by atoms with van der Waals surface area (Å²) in [6.45, 7) is 8.32. The number of hydrogen-bond acceptors (Lipinski definition) is 5. The number of carbonyl (C=O) groups is 1. The minimum atomic E-state index is -3.59. The summed E-state index contributed by atoms with van der Waals surface area (Å²) in [5, 5.41) is 10.7. The number of benzene rings is 3. The topological polar surface area (TPSA) is 106 Å². The van der Waals surface area contributed by atoms with Gasteiger partial charge in [0.15, 0.2) is 0 Å². The van der Waals surface area contributed by atoms with E-state index in [1.807, 2.05) is 61.5 Å². The molecule has 10 heteroatoms. The van der Waals surface area contributed by atoms with E-state index in [-0.39, 0.29) is 23.5 Å². The molecule has 3 heterocycles. The van der Waals surface area contributed by atoms with Crippen molar-refractivity contribution in [3.8, 4) is 11.4 Å². The van der Waals surface area contributed by atoms with E-state index in [9.17, 15) is 13.2 Å². The highest BCUT2D eigenvalue weighted by Crippen LogP contribution is 2.43. The van der Waals surface area contributed by atoms with E-state index in [1.165, 1.54) is 5.56 Å². The van der Waals surface area contributed by atoms with Crippen molar-refractivity contribution in [2.24, 2.45) is 5.92 Å². The quantitative estimate of drug-likeness (QED) is 0.210. The third-order valence-electron chi connectivity index (χ3n) is 9.11. The van der Waals surface area contributed by atoms with Crippen molar-refractivity contribution >= 4 is 27.6 Å². The number of amides is 2. The summed E-state index contributed by atoms with van der Waals surface area (Å²) in [6.07, 6.45) is 4.34. The third kappa shape index (κ3) is 6.69. The molecule has 0 aliphatic carbocycles. The molecule has 242 valence electrons. The fraction of sp³-hybridized carbons (Fsp3) is 0.389. The number of aryl methyl sites for hydroxylation is 1. The maximum atomic E-state index is 13.6. The maximum Gasteiger partial charge on any atom is 0.324 e. The Balaban J connectivity index is 1.08. The molecule has 1 aromatic heterocycles. The number of rotatable bonds is 8. The zero-order valence-corrected chi connectivity index (χ0v) is 28.0. The molecule has 2 fully saturated rings. The lowest BCUT2D eigenvalue weighted by atomic mass is 9.87. The van der Waals surface area contributed by atoms with Crippen LogP contribution in [0, 0.1) is 12.8 Å². The van der Waals surface area contributed by atoms with E-state index in [0.29, 0.717) is 28.1 Å². The minimum absolute atomic E-state index is 0.0109. The number of aromatic nitrogens is 2. The first kappa shape index (κ1) is 31.8. The van der Waals surface area contributed by atoms with Gasteiger partial charge in [-0.05, 0) is 86.9 Å². The zero-order chi connectivity index (χ0) is 32.6. The van der Waals surface area contributed by atoms with Crippen LogP contribution >= 0.6 is 0 Å². The first-order chi connectivity index (χ1) is 21.9. The molecule has 3 aromatic carbocycles. The number of nitrogens with one attached hydrogen (secondary N) is 2. The summed E-state index contributed by atoms with van der Waals surface area (Å²) < 4.78 is 36.0. The van der Waals surface area contributed by atoms with Gasteiger partial charge in [0.25, 0.3) is 0 Å². The second kappa shape index (κ2) is 12.6. The molecule has 4 aromatic rings. The molecule has 2 aliphatic rings. The molecule has 6 rings (SSSR count). The molecule has 9 nitrogen and oxygen atoms in total. The van der Waals surface area contributed by atoms with E-state index in [2.05, 4.69) is 31.4 Å². The predicted molar refractivity (Wildman–Crippen MR) is 181 cm³/mol. The van der Waals surface area contributed by atoms with Gasteiger partial charge in [-0.3, -0.25) is 5.32 Å².